The van der Waals surface area contributed by atoms with E-state index in [4.69, 9.17) is 4.42 Å². The molecule has 1 aromatic heterocycles. The predicted octanol–water partition coefficient (Wildman–Crippen LogP) is 1.56. The zero-order valence-corrected chi connectivity index (χ0v) is 7.10. The highest BCUT2D eigenvalue weighted by Crippen LogP contribution is 2.18. The Hall–Kier alpha value is -0.990. The fraction of sp³-hybridized carbons (Fsp3) is 0.625. The average molecular weight is 155 g/mol. The molecule has 11 heavy (non-hydrogen) atoms. The summed E-state index contributed by atoms with van der Waals surface area (Å²) < 4.78 is 4.85. The fourth-order valence-corrected chi connectivity index (χ4v) is 0.927. The Morgan fingerprint density at radius 1 is 1.55 bits per heavy atom. The first-order valence-electron chi connectivity index (χ1n) is 3.65. The van der Waals surface area contributed by atoms with Gasteiger partial charge in [0.1, 0.15) is 5.76 Å². The van der Waals surface area contributed by atoms with Crippen molar-refractivity contribution in [1.29, 1.82) is 0 Å². The van der Waals surface area contributed by atoms with Gasteiger partial charge in [-0.1, -0.05) is 20.8 Å². The van der Waals surface area contributed by atoms with Gasteiger partial charge in [0.25, 0.3) is 0 Å². The van der Waals surface area contributed by atoms with Gasteiger partial charge in [0.2, 0.25) is 0 Å². The van der Waals surface area contributed by atoms with E-state index in [-0.39, 0.29) is 11.2 Å². The Balaban J connectivity index is 2.73. The standard InChI is InChI=1S/C8H13NO2/c1-8(2,3)4-6-5-9-7(10)11-6/h5H,4H2,1-3H3,(H,9,10). The maximum atomic E-state index is 10.6. The summed E-state index contributed by atoms with van der Waals surface area (Å²) in [5.74, 6) is 0.353. The van der Waals surface area contributed by atoms with Gasteiger partial charge in [-0.2, -0.15) is 0 Å². The van der Waals surface area contributed by atoms with Crippen molar-refractivity contribution in [3.05, 3.63) is 22.5 Å². The molecule has 0 fully saturated rings. The van der Waals surface area contributed by atoms with E-state index in [0.29, 0.717) is 0 Å². The Morgan fingerprint density at radius 3 is 2.55 bits per heavy atom. The summed E-state index contributed by atoms with van der Waals surface area (Å²) >= 11 is 0. The first kappa shape index (κ1) is 8.11. The van der Waals surface area contributed by atoms with E-state index in [1.807, 2.05) is 0 Å². The van der Waals surface area contributed by atoms with Crippen LogP contribution in [0.1, 0.15) is 26.5 Å². The summed E-state index contributed by atoms with van der Waals surface area (Å²) in [5, 5.41) is 0. The summed E-state index contributed by atoms with van der Waals surface area (Å²) in [5.41, 5.74) is 0.165. The third kappa shape index (κ3) is 2.62. The minimum atomic E-state index is -0.371. The molecule has 1 heterocycles. The van der Waals surface area contributed by atoms with Crippen molar-refractivity contribution in [2.45, 2.75) is 27.2 Å². The number of aromatic amines is 1. The van der Waals surface area contributed by atoms with E-state index in [1.165, 1.54) is 0 Å². The Labute approximate surface area is 65.4 Å². The van der Waals surface area contributed by atoms with E-state index in [1.54, 1.807) is 6.20 Å². The minimum Gasteiger partial charge on any atom is -0.413 e. The maximum absolute atomic E-state index is 10.6. The van der Waals surface area contributed by atoms with Crippen LogP contribution in [0.15, 0.2) is 15.4 Å². The Kier molecular flexibility index (Phi) is 1.89. The van der Waals surface area contributed by atoms with Crippen LogP contribution in [0, 0.1) is 5.41 Å². The second kappa shape index (κ2) is 2.57. The SMILES string of the molecule is CC(C)(C)Cc1c[nH]c(=O)o1. The molecule has 1 aromatic rings. The third-order valence-corrected chi connectivity index (χ3v) is 1.28. The molecule has 0 aliphatic heterocycles. The highest BCUT2D eigenvalue weighted by molar-refractivity contribution is 4.92. The number of hydrogen-bond acceptors (Lipinski definition) is 2. The number of oxazole rings is 1. The molecule has 0 atom stereocenters. The Morgan fingerprint density at radius 2 is 2.18 bits per heavy atom. The number of rotatable bonds is 1. The number of hydrogen-bond donors (Lipinski definition) is 1. The van der Waals surface area contributed by atoms with E-state index < -0.39 is 0 Å². The van der Waals surface area contributed by atoms with Gasteiger partial charge in [-0.15, -0.1) is 0 Å². The van der Waals surface area contributed by atoms with Gasteiger partial charge in [0.15, 0.2) is 0 Å². The monoisotopic (exact) mass is 155 g/mol. The maximum Gasteiger partial charge on any atom is 0.416 e. The van der Waals surface area contributed by atoms with Crippen molar-refractivity contribution in [2.24, 2.45) is 5.41 Å². The summed E-state index contributed by atoms with van der Waals surface area (Å²) in [6.45, 7) is 6.29. The van der Waals surface area contributed by atoms with Gasteiger partial charge in [0, 0.05) is 12.6 Å². The van der Waals surface area contributed by atoms with Crippen molar-refractivity contribution in [3.8, 4) is 0 Å². The molecule has 3 nitrogen and oxygen atoms in total. The smallest absolute Gasteiger partial charge is 0.413 e. The van der Waals surface area contributed by atoms with Gasteiger partial charge in [-0.25, -0.2) is 4.79 Å². The van der Waals surface area contributed by atoms with Crippen molar-refractivity contribution < 1.29 is 4.42 Å². The van der Waals surface area contributed by atoms with E-state index in [9.17, 15) is 4.79 Å². The molecule has 0 aromatic carbocycles. The number of nitrogens with one attached hydrogen (secondary N) is 1. The summed E-state index contributed by atoms with van der Waals surface area (Å²) in [7, 11) is 0. The summed E-state index contributed by atoms with van der Waals surface area (Å²) in [4.78, 5) is 13.0. The number of H-pyrrole nitrogens is 1. The van der Waals surface area contributed by atoms with E-state index in [2.05, 4.69) is 25.8 Å². The largest absolute Gasteiger partial charge is 0.416 e. The molecule has 62 valence electrons. The van der Waals surface area contributed by atoms with Crippen LogP contribution in [0.4, 0.5) is 0 Å². The molecule has 0 bridgehead atoms. The van der Waals surface area contributed by atoms with E-state index >= 15 is 0 Å². The molecule has 1 N–H and O–H groups in total. The Bertz CT molecular complexity index is 277. The third-order valence-electron chi connectivity index (χ3n) is 1.28. The van der Waals surface area contributed by atoms with Crippen molar-refractivity contribution >= 4 is 0 Å². The van der Waals surface area contributed by atoms with Gasteiger partial charge < -0.3 is 4.42 Å². The molecule has 3 heteroatoms. The van der Waals surface area contributed by atoms with Gasteiger partial charge >= 0.3 is 5.76 Å². The molecule has 0 spiro atoms. The molecular weight excluding hydrogens is 142 g/mol. The van der Waals surface area contributed by atoms with E-state index in [0.717, 1.165) is 12.2 Å². The second-order valence-electron chi connectivity index (χ2n) is 3.88. The topological polar surface area (TPSA) is 46.0 Å². The zero-order valence-electron chi connectivity index (χ0n) is 7.10. The molecule has 0 unspecified atom stereocenters. The molecule has 0 amide bonds. The fourth-order valence-electron chi connectivity index (χ4n) is 0.927. The lowest BCUT2D eigenvalue weighted by atomic mass is 9.91. The minimum absolute atomic E-state index is 0.165. The average Bonchev–Trinajstić information content (AvgIpc) is 2.10. The molecule has 0 radical (unpaired) electrons. The normalized spacial score (nSPS) is 11.9. The van der Waals surface area contributed by atoms with Crippen LogP contribution < -0.4 is 5.76 Å². The van der Waals surface area contributed by atoms with Crippen LogP contribution in [0.25, 0.3) is 0 Å². The zero-order chi connectivity index (χ0) is 8.48. The summed E-state index contributed by atoms with van der Waals surface area (Å²) in [6.07, 6.45) is 2.40. The van der Waals surface area contributed by atoms with Crippen LogP contribution in [0.2, 0.25) is 0 Å². The van der Waals surface area contributed by atoms with Gasteiger partial charge in [-0.3, -0.25) is 4.98 Å². The lowest BCUT2D eigenvalue weighted by Gasteiger charge is -2.14. The molecule has 0 saturated carbocycles. The van der Waals surface area contributed by atoms with Crippen LogP contribution >= 0.6 is 0 Å². The van der Waals surface area contributed by atoms with Crippen LogP contribution in [-0.4, -0.2) is 4.98 Å². The molecule has 0 aliphatic rings. The highest BCUT2D eigenvalue weighted by atomic mass is 16.4. The quantitative estimate of drug-likeness (QED) is 0.668. The van der Waals surface area contributed by atoms with Crippen molar-refractivity contribution in [3.63, 3.8) is 0 Å². The summed E-state index contributed by atoms with van der Waals surface area (Å²) in [6, 6.07) is 0. The molecular formula is C8H13NO2. The molecule has 1 rings (SSSR count). The van der Waals surface area contributed by atoms with Crippen LogP contribution in [-0.2, 0) is 6.42 Å². The van der Waals surface area contributed by atoms with Gasteiger partial charge in [-0.05, 0) is 5.41 Å². The predicted molar refractivity (Wildman–Crippen MR) is 42.5 cm³/mol. The van der Waals surface area contributed by atoms with Crippen molar-refractivity contribution in [2.75, 3.05) is 0 Å². The molecule has 0 aliphatic carbocycles. The van der Waals surface area contributed by atoms with Crippen LogP contribution in [0.5, 0.6) is 0 Å². The lowest BCUT2D eigenvalue weighted by Crippen LogP contribution is -2.08. The second-order valence-corrected chi connectivity index (χ2v) is 3.88. The lowest BCUT2D eigenvalue weighted by molar-refractivity contribution is 0.354. The van der Waals surface area contributed by atoms with Gasteiger partial charge in [0.05, 0.1) is 0 Å². The van der Waals surface area contributed by atoms with Crippen molar-refractivity contribution in [1.82, 2.24) is 4.98 Å². The first-order valence-corrected chi connectivity index (χ1v) is 3.65. The van der Waals surface area contributed by atoms with Crippen LogP contribution in [0.3, 0.4) is 0 Å². The highest BCUT2D eigenvalue weighted by Gasteiger charge is 2.13. The first-order chi connectivity index (χ1) is 4.97. The molecule has 0 saturated heterocycles. The number of aromatic nitrogens is 1.